The van der Waals surface area contributed by atoms with Gasteiger partial charge in [-0.3, -0.25) is 4.90 Å². The fourth-order valence-corrected chi connectivity index (χ4v) is 2.75. The quantitative estimate of drug-likeness (QED) is 0.846. The Hall–Kier alpha value is -0.970. The molecule has 0 radical (unpaired) electrons. The molecule has 22 heavy (non-hydrogen) atoms. The predicted molar refractivity (Wildman–Crippen MR) is 92.8 cm³/mol. The SMILES string of the molecule is CCC(Cc1ccccc1F)N1CCNCC1.CCCNC. The number of nitrogens with zero attached hydrogens (tertiary/aromatic N) is 1. The van der Waals surface area contributed by atoms with Gasteiger partial charge in [0.25, 0.3) is 0 Å². The highest BCUT2D eigenvalue weighted by atomic mass is 19.1. The van der Waals surface area contributed by atoms with E-state index in [-0.39, 0.29) is 5.82 Å². The topological polar surface area (TPSA) is 27.3 Å². The minimum atomic E-state index is -0.0684. The van der Waals surface area contributed by atoms with Crippen molar-refractivity contribution < 1.29 is 4.39 Å². The number of halogens is 1. The van der Waals surface area contributed by atoms with Crippen LogP contribution in [0.25, 0.3) is 0 Å². The molecule has 0 aromatic heterocycles. The lowest BCUT2D eigenvalue weighted by Crippen LogP contribution is -2.49. The normalized spacial score (nSPS) is 16.7. The van der Waals surface area contributed by atoms with Crippen LogP contribution in [0.2, 0.25) is 0 Å². The van der Waals surface area contributed by atoms with E-state index in [2.05, 4.69) is 29.4 Å². The summed E-state index contributed by atoms with van der Waals surface area (Å²) >= 11 is 0. The third-order valence-corrected chi connectivity index (χ3v) is 4.05. The first-order valence-corrected chi connectivity index (χ1v) is 8.55. The fraction of sp³-hybridized carbons (Fsp3) is 0.667. The summed E-state index contributed by atoms with van der Waals surface area (Å²) in [7, 11) is 1.96. The smallest absolute Gasteiger partial charge is 0.126 e. The molecule has 1 fully saturated rings. The second-order valence-electron chi connectivity index (χ2n) is 5.75. The summed E-state index contributed by atoms with van der Waals surface area (Å²) in [5, 5.41) is 6.37. The zero-order valence-corrected chi connectivity index (χ0v) is 14.4. The molecule has 1 aliphatic heterocycles. The molecular formula is C18H32FN3. The maximum absolute atomic E-state index is 13.6. The molecule has 0 spiro atoms. The van der Waals surface area contributed by atoms with Gasteiger partial charge in [0.1, 0.15) is 5.82 Å². The van der Waals surface area contributed by atoms with Crippen LogP contribution in [0.5, 0.6) is 0 Å². The number of hydrogen-bond acceptors (Lipinski definition) is 3. The molecule has 0 amide bonds. The number of rotatable bonds is 6. The molecule has 126 valence electrons. The minimum absolute atomic E-state index is 0.0684. The molecule has 1 aliphatic rings. The molecule has 4 heteroatoms. The highest BCUT2D eigenvalue weighted by Gasteiger charge is 2.20. The van der Waals surface area contributed by atoms with Gasteiger partial charge in [-0.05, 0) is 44.5 Å². The molecule has 1 aromatic carbocycles. The first-order chi connectivity index (χ1) is 10.7. The summed E-state index contributed by atoms with van der Waals surface area (Å²) < 4.78 is 13.6. The van der Waals surface area contributed by atoms with Crippen molar-refractivity contribution in [3.63, 3.8) is 0 Å². The molecule has 0 bridgehead atoms. The number of hydrogen-bond donors (Lipinski definition) is 2. The molecule has 2 rings (SSSR count). The molecule has 0 aliphatic carbocycles. The largest absolute Gasteiger partial charge is 0.320 e. The Morgan fingerprint density at radius 1 is 1.23 bits per heavy atom. The lowest BCUT2D eigenvalue weighted by atomic mass is 10.0. The van der Waals surface area contributed by atoms with Crippen LogP contribution in [-0.4, -0.2) is 50.7 Å². The Morgan fingerprint density at radius 3 is 2.41 bits per heavy atom. The second-order valence-corrected chi connectivity index (χ2v) is 5.75. The van der Waals surface area contributed by atoms with Crippen LogP contribution in [-0.2, 0) is 6.42 Å². The van der Waals surface area contributed by atoms with E-state index in [9.17, 15) is 4.39 Å². The summed E-state index contributed by atoms with van der Waals surface area (Å²) in [4.78, 5) is 2.48. The van der Waals surface area contributed by atoms with Crippen molar-refractivity contribution in [2.24, 2.45) is 0 Å². The molecule has 1 atom stereocenters. The van der Waals surface area contributed by atoms with E-state index in [1.807, 2.05) is 19.2 Å². The van der Waals surface area contributed by atoms with E-state index >= 15 is 0 Å². The van der Waals surface area contributed by atoms with Crippen molar-refractivity contribution >= 4 is 0 Å². The average molecular weight is 309 g/mol. The summed E-state index contributed by atoms with van der Waals surface area (Å²) in [5.74, 6) is -0.0684. The van der Waals surface area contributed by atoms with Crippen LogP contribution in [0, 0.1) is 5.82 Å². The van der Waals surface area contributed by atoms with Gasteiger partial charge in [-0.2, -0.15) is 0 Å². The van der Waals surface area contributed by atoms with E-state index in [1.165, 1.54) is 6.42 Å². The average Bonchev–Trinajstić information content (AvgIpc) is 2.56. The first-order valence-electron chi connectivity index (χ1n) is 8.55. The maximum Gasteiger partial charge on any atom is 0.126 e. The third-order valence-electron chi connectivity index (χ3n) is 4.05. The number of nitrogens with one attached hydrogen (secondary N) is 2. The van der Waals surface area contributed by atoms with Gasteiger partial charge in [0, 0.05) is 32.2 Å². The van der Waals surface area contributed by atoms with Gasteiger partial charge < -0.3 is 10.6 Å². The van der Waals surface area contributed by atoms with E-state index in [4.69, 9.17) is 0 Å². The van der Waals surface area contributed by atoms with Gasteiger partial charge in [0.15, 0.2) is 0 Å². The van der Waals surface area contributed by atoms with Crippen molar-refractivity contribution in [3.8, 4) is 0 Å². The Balaban J connectivity index is 0.000000422. The minimum Gasteiger partial charge on any atom is -0.320 e. The number of benzene rings is 1. The van der Waals surface area contributed by atoms with Crippen LogP contribution in [0.4, 0.5) is 4.39 Å². The van der Waals surface area contributed by atoms with Crippen molar-refractivity contribution in [1.29, 1.82) is 0 Å². The Morgan fingerprint density at radius 2 is 1.91 bits per heavy atom. The standard InChI is InChI=1S/C14H21FN2.C4H11N/c1-2-13(17-9-7-16-8-10-17)11-12-5-3-4-6-14(12)15;1-3-4-5-2/h3-6,13,16H,2,7-11H2,1H3;5H,3-4H2,1-2H3. The second kappa shape index (κ2) is 11.6. The lowest BCUT2D eigenvalue weighted by molar-refractivity contribution is 0.166. The molecular weight excluding hydrogens is 277 g/mol. The predicted octanol–water partition coefficient (Wildman–Crippen LogP) is 2.67. The van der Waals surface area contributed by atoms with Gasteiger partial charge in [-0.15, -0.1) is 0 Å². The molecule has 0 saturated carbocycles. The monoisotopic (exact) mass is 309 g/mol. The van der Waals surface area contributed by atoms with Crippen LogP contribution >= 0.6 is 0 Å². The van der Waals surface area contributed by atoms with E-state index in [0.29, 0.717) is 6.04 Å². The summed E-state index contributed by atoms with van der Waals surface area (Å²) in [6.45, 7) is 9.73. The van der Waals surface area contributed by atoms with Crippen molar-refractivity contribution in [2.75, 3.05) is 39.8 Å². The molecule has 2 N–H and O–H groups in total. The molecule has 1 unspecified atom stereocenters. The summed E-state index contributed by atoms with van der Waals surface area (Å²) in [5.41, 5.74) is 0.845. The third kappa shape index (κ3) is 6.86. The van der Waals surface area contributed by atoms with E-state index in [0.717, 1.165) is 51.1 Å². The van der Waals surface area contributed by atoms with Crippen LogP contribution < -0.4 is 10.6 Å². The Labute approximate surface area is 135 Å². The fourth-order valence-electron chi connectivity index (χ4n) is 2.75. The first kappa shape index (κ1) is 19.1. The van der Waals surface area contributed by atoms with Crippen molar-refractivity contribution in [2.45, 2.75) is 39.2 Å². The van der Waals surface area contributed by atoms with Crippen molar-refractivity contribution in [3.05, 3.63) is 35.6 Å². The summed E-state index contributed by atoms with van der Waals surface area (Å²) in [6.07, 6.45) is 3.13. The highest BCUT2D eigenvalue weighted by Crippen LogP contribution is 2.15. The van der Waals surface area contributed by atoms with Crippen LogP contribution in [0.15, 0.2) is 24.3 Å². The molecule has 1 saturated heterocycles. The zero-order chi connectivity index (χ0) is 16.2. The van der Waals surface area contributed by atoms with Gasteiger partial charge >= 0.3 is 0 Å². The number of piperazine rings is 1. The van der Waals surface area contributed by atoms with Gasteiger partial charge in [-0.1, -0.05) is 32.0 Å². The Kier molecular flexibility index (Phi) is 10.0. The molecule has 1 heterocycles. The van der Waals surface area contributed by atoms with Gasteiger partial charge in [0.05, 0.1) is 0 Å². The van der Waals surface area contributed by atoms with E-state index in [1.54, 1.807) is 12.1 Å². The maximum atomic E-state index is 13.6. The highest BCUT2D eigenvalue weighted by molar-refractivity contribution is 5.18. The van der Waals surface area contributed by atoms with Gasteiger partial charge in [-0.25, -0.2) is 4.39 Å². The summed E-state index contributed by atoms with van der Waals surface area (Å²) in [6, 6.07) is 7.60. The van der Waals surface area contributed by atoms with Gasteiger partial charge in [0.2, 0.25) is 0 Å². The lowest BCUT2D eigenvalue weighted by Gasteiger charge is -2.34. The molecule has 3 nitrogen and oxygen atoms in total. The molecule has 1 aromatic rings. The van der Waals surface area contributed by atoms with Crippen LogP contribution in [0.3, 0.4) is 0 Å². The Bertz CT molecular complexity index is 390. The van der Waals surface area contributed by atoms with Crippen LogP contribution in [0.1, 0.15) is 32.3 Å². The zero-order valence-electron chi connectivity index (χ0n) is 14.4. The van der Waals surface area contributed by atoms with Crippen molar-refractivity contribution in [1.82, 2.24) is 15.5 Å². The van der Waals surface area contributed by atoms with E-state index < -0.39 is 0 Å².